The Morgan fingerprint density at radius 2 is 1.73 bits per heavy atom. The summed E-state index contributed by atoms with van der Waals surface area (Å²) in [6.07, 6.45) is 4.82. The number of nitrogens with zero attached hydrogens (tertiary/aromatic N) is 2. The van der Waals surface area contributed by atoms with Crippen molar-refractivity contribution in [2.24, 2.45) is 0 Å². The van der Waals surface area contributed by atoms with E-state index in [1.807, 2.05) is 24.3 Å². The summed E-state index contributed by atoms with van der Waals surface area (Å²) in [6, 6.07) is 7.45. The number of aromatic nitrogens is 2. The quantitative estimate of drug-likeness (QED) is 0.511. The summed E-state index contributed by atoms with van der Waals surface area (Å²) >= 11 is 0. The minimum absolute atomic E-state index is 0.714. The van der Waals surface area contributed by atoms with Gasteiger partial charge in [-0.25, -0.2) is 9.97 Å². The van der Waals surface area contributed by atoms with Crippen molar-refractivity contribution < 1.29 is 0 Å². The lowest BCUT2D eigenvalue weighted by Crippen LogP contribution is -1.84. The predicted octanol–water partition coefficient (Wildman–Crippen LogP) is 1.46. The van der Waals surface area contributed by atoms with Gasteiger partial charge in [-0.2, -0.15) is 0 Å². The molecule has 0 radical (unpaired) electrons. The molecule has 0 bridgehead atoms. The number of anilines is 1. The van der Waals surface area contributed by atoms with Crippen LogP contribution in [0.25, 0.3) is 0 Å². The Kier molecular flexibility index (Phi) is 2.61. The van der Waals surface area contributed by atoms with E-state index in [0.717, 1.165) is 11.1 Å². The Hall–Kier alpha value is -2.34. The summed E-state index contributed by atoms with van der Waals surface area (Å²) in [5, 5.41) is 0. The van der Waals surface area contributed by atoms with Crippen LogP contribution in [0.3, 0.4) is 0 Å². The number of rotatable bonds is 0. The largest absolute Gasteiger partial charge is 0.399 e. The number of nitrogens with two attached hydrogens (primary N) is 1. The van der Waals surface area contributed by atoms with Crippen LogP contribution >= 0.6 is 0 Å². The molecule has 2 N–H and O–H groups in total. The molecule has 72 valence electrons. The minimum atomic E-state index is 0.714. The lowest BCUT2D eigenvalue weighted by molar-refractivity contribution is 1.16. The van der Waals surface area contributed by atoms with Crippen LogP contribution in [0.15, 0.2) is 43.0 Å². The number of nitrogen functional groups attached to an aromatic ring is 1. The van der Waals surface area contributed by atoms with Gasteiger partial charge in [-0.3, -0.25) is 0 Å². The monoisotopic (exact) mass is 195 g/mol. The zero-order valence-corrected chi connectivity index (χ0v) is 8.01. The van der Waals surface area contributed by atoms with Crippen LogP contribution in [-0.4, -0.2) is 9.97 Å². The van der Waals surface area contributed by atoms with Crippen LogP contribution in [0.4, 0.5) is 5.69 Å². The van der Waals surface area contributed by atoms with Crippen LogP contribution in [0.5, 0.6) is 0 Å². The first kappa shape index (κ1) is 9.22. The molecular formula is C12H9N3. The molecule has 0 spiro atoms. The lowest BCUT2D eigenvalue weighted by atomic mass is 10.2. The van der Waals surface area contributed by atoms with Crippen molar-refractivity contribution in [2.75, 3.05) is 5.73 Å². The fraction of sp³-hybridized carbons (Fsp3) is 0. The second-order valence-corrected chi connectivity index (χ2v) is 3.00. The smallest absolute Gasteiger partial charge is 0.115 e. The van der Waals surface area contributed by atoms with E-state index in [2.05, 4.69) is 21.8 Å². The molecule has 0 saturated heterocycles. The molecule has 0 atom stereocenters. The Labute approximate surface area is 88.0 Å². The standard InChI is InChI=1S/C12H9N3/c13-12-3-1-2-10(6-12)4-5-11-7-14-9-15-8-11/h1-3,6-9H,13H2. The Morgan fingerprint density at radius 3 is 2.47 bits per heavy atom. The molecule has 2 aromatic rings. The van der Waals surface area contributed by atoms with E-state index >= 15 is 0 Å². The van der Waals surface area contributed by atoms with Gasteiger partial charge in [0, 0.05) is 23.6 Å². The lowest BCUT2D eigenvalue weighted by Gasteiger charge is -1.92. The molecule has 1 aromatic heterocycles. The highest BCUT2D eigenvalue weighted by atomic mass is 14.8. The summed E-state index contributed by atoms with van der Waals surface area (Å²) in [4.78, 5) is 7.75. The van der Waals surface area contributed by atoms with Crippen LogP contribution in [-0.2, 0) is 0 Å². The molecule has 0 amide bonds. The van der Waals surface area contributed by atoms with Gasteiger partial charge < -0.3 is 5.73 Å². The van der Waals surface area contributed by atoms with E-state index in [9.17, 15) is 0 Å². The van der Waals surface area contributed by atoms with Crippen molar-refractivity contribution in [1.29, 1.82) is 0 Å². The van der Waals surface area contributed by atoms with Crippen LogP contribution in [0, 0.1) is 11.8 Å². The normalized spacial score (nSPS) is 9.07. The summed E-state index contributed by atoms with van der Waals surface area (Å²) in [5.41, 5.74) is 8.03. The van der Waals surface area contributed by atoms with Gasteiger partial charge in [-0.1, -0.05) is 17.9 Å². The topological polar surface area (TPSA) is 51.8 Å². The van der Waals surface area contributed by atoms with E-state index in [1.165, 1.54) is 6.33 Å². The average Bonchev–Trinajstić information content (AvgIpc) is 2.28. The van der Waals surface area contributed by atoms with E-state index in [1.54, 1.807) is 12.4 Å². The molecule has 0 aliphatic carbocycles. The van der Waals surface area contributed by atoms with Crippen molar-refractivity contribution in [2.45, 2.75) is 0 Å². The van der Waals surface area contributed by atoms with Crippen molar-refractivity contribution in [1.82, 2.24) is 9.97 Å². The van der Waals surface area contributed by atoms with Crippen molar-refractivity contribution in [3.63, 3.8) is 0 Å². The number of benzene rings is 1. The van der Waals surface area contributed by atoms with Crippen molar-refractivity contribution in [3.8, 4) is 11.8 Å². The molecule has 15 heavy (non-hydrogen) atoms. The Balaban J connectivity index is 2.26. The zero-order valence-electron chi connectivity index (χ0n) is 8.01. The molecule has 0 aliphatic rings. The van der Waals surface area contributed by atoms with Crippen LogP contribution in [0.2, 0.25) is 0 Å². The van der Waals surface area contributed by atoms with Gasteiger partial charge in [0.15, 0.2) is 0 Å². The molecule has 0 fully saturated rings. The number of hydrogen-bond acceptors (Lipinski definition) is 3. The average molecular weight is 195 g/mol. The second kappa shape index (κ2) is 4.25. The van der Waals surface area contributed by atoms with Gasteiger partial charge in [0.25, 0.3) is 0 Å². The Morgan fingerprint density at radius 1 is 1.00 bits per heavy atom. The third kappa shape index (κ3) is 2.55. The molecular weight excluding hydrogens is 186 g/mol. The first-order valence-corrected chi connectivity index (χ1v) is 4.47. The summed E-state index contributed by atoms with van der Waals surface area (Å²) < 4.78 is 0. The molecule has 0 saturated carbocycles. The van der Waals surface area contributed by atoms with Gasteiger partial charge in [0.2, 0.25) is 0 Å². The molecule has 3 nitrogen and oxygen atoms in total. The van der Waals surface area contributed by atoms with Gasteiger partial charge >= 0.3 is 0 Å². The van der Waals surface area contributed by atoms with E-state index < -0.39 is 0 Å². The van der Waals surface area contributed by atoms with E-state index in [-0.39, 0.29) is 0 Å². The fourth-order valence-corrected chi connectivity index (χ4v) is 1.12. The van der Waals surface area contributed by atoms with Gasteiger partial charge in [0.05, 0.1) is 5.56 Å². The van der Waals surface area contributed by atoms with Crippen LogP contribution < -0.4 is 5.73 Å². The summed E-state index contributed by atoms with van der Waals surface area (Å²) in [7, 11) is 0. The third-order valence-corrected chi connectivity index (χ3v) is 1.80. The van der Waals surface area contributed by atoms with Crippen LogP contribution in [0.1, 0.15) is 11.1 Å². The Bertz CT molecular complexity index is 509. The maximum absolute atomic E-state index is 5.64. The molecule has 2 rings (SSSR count). The molecule has 1 heterocycles. The first-order chi connectivity index (χ1) is 7.34. The van der Waals surface area contributed by atoms with Crippen molar-refractivity contribution in [3.05, 3.63) is 54.1 Å². The first-order valence-electron chi connectivity index (χ1n) is 4.47. The molecule has 1 aromatic carbocycles. The summed E-state index contributed by atoms with van der Waals surface area (Å²) in [5.74, 6) is 5.95. The van der Waals surface area contributed by atoms with Gasteiger partial charge in [-0.15, -0.1) is 0 Å². The zero-order chi connectivity index (χ0) is 10.5. The highest BCUT2D eigenvalue weighted by molar-refractivity contribution is 5.48. The van der Waals surface area contributed by atoms with E-state index in [4.69, 9.17) is 5.73 Å². The fourth-order valence-electron chi connectivity index (χ4n) is 1.12. The van der Waals surface area contributed by atoms with Crippen molar-refractivity contribution >= 4 is 5.69 Å². The molecule has 3 heteroatoms. The number of hydrogen-bond donors (Lipinski definition) is 1. The highest BCUT2D eigenvalue weighted by Crippen LogP contribution is 2.04. The maximum Gasteiger partial charge on any atom is 0.115 e. The van der Waals surface area contributed by atoms with Gasteiger partial charge in [0.1, 0.15) is 6.33 Å². The maximum atomic E-state index is 5.64. The predicted molar refractivity (Wildman–Crippen MR) is 58.9 cm³/mol. The molecule has 0 aliphatic heterocycles. The highest BCUT2D eigenvalue weighted by Gasteiger charge is 1.88. The second-order valence-electron chi connectivity index (χ2n) is 3.00. The van der Waals surface area contributed by atoms with Gasteiger partial charge in [-0.05, 0) is 18.2 Å². The SMILES string of the molecule is Nc1cccc(C#Cc2cncnc2)c1. The van der Waals surface area contributed by atoms with E-state index in [0.29, 0.717) is 5.69 Å². The third-order valence-electron chi connectivity index (χ3n) is 1.80. The minimum Gasteiger partial charge on any atom is -0.399 e. The molecule has 0 unspecified atom stereocenters. The summed E-state index contributed by atoms with van der Waals surface area (Å²) in [6.45, 7) is 0.